The van der Waals surface area contributed by atoms with E-state index in [0.717, 1.165) is 23.7 Å². The summed E-state index contributed by atoms with van der Waals surface area (Å²) in [5.74, 6) is 0. The second kappa shape index (κ2) is 2.98. The first-order valence-electron chi connectivity index (χ1n) is 4.38. The van der Waals surface area contributed by atoms with E-state index in [4.69, 9.17) is 17.3 Å². The Labute approximate surface area is 83.1 Å². The molecular weight excluding hydrogens is 184 g/mol. The molecule has 0 amide bonds. The van der Waals surface area contributed by atoms with Gasteiger partial charge in [0.2, 0.25) is 0 Å². The highest BCUT2D eigenvalue weighted by molar-refractivity contribution is 6.31. The van der Waals surface area contributed by atoms with Gasteiger partial charge in [-0.15, -0.1) is 0 Å². The third-order valence-corrected chi connectivity index (χ3v) is 3.04. The van der Waals surface area contributed by atoms with Gasteiger partial charge in [-0.1, -0.05) is 23.7 Å². The summed E-state index contributed by atoms with van der Waals surface area (Å²) in [6.07, 6.45) is 0. The molecule has 0 saturated carbocycles. The lowest BCUT2D eigenvalue weighted by Gasteiger charge is -2.39. The van der Waals surface area contributed by atoms with E-state index in [9.17, 15) is 0 Å². The number of halogens is 1. The highest BCUT2D eigenvalue weighted by Crippen LogP contribution is 2.26. The van der Waals surface area contributed by atoms with Crippen molar-refractivity contribution in [3.63, 3.8) is 0 Å². The first-order valence-corrected chi connectivity index (χ1v) is 4.76. The smallest absolute Gasteiger partial charge is 0.0662 e. The Bertz CT molecular complexity index is 332. The van der Waals surface area contributed by atoms with Crippen LogP contribution in [0.2, 0.25) is 5.02 Å². The van der Waals surface area contributed by atoms with Gasteiger partial charge in [0.15, 0.2) is 0 Å². The molecule has 0 unspecified atom stereocenters. The number of hydrogen-bond acceptors (Lipinski definition) is 2. The standard InChI is InChI=1S/C10H13ClN2/c1-7-4-8(2-3-9(7)11)10(12)5-13-6-10/h2-4,13H,5-6,12H2,1H3. The molecule has 1 heterocycles. The molecule has 70 valence electrons. The van der Waals surface area contributed by atoms with E-state index in [1.807, 2.05) is 19.1 Å². The molecule has 0 atom stereocenters. The Morgan fingerprint density at radius 2 is 2.15 bits per heavy atom. The van der Waals surface area contributed by atoms with Crippen molar-refractivity contribution >= 4 is 11.6 Å². The fourth-order valence-electron chi connectivity index (χ4n) is 1.55. The van der Waals surface area contributed by atoms with Crippen LogP contribution < -0.4 is 11.1 Å². The molecule has 0 aromatic heterocycles. The van der Waals surface area contributed by atoms with Crippen molar-refractivity contribution in [3.8, 4) is 0 Å². The zero-order valence-corrected chi connectivity index (χ0v) is 8.36. The van der Waals surface area contributed by atoms with Crippen LogP contribution in [0.15, 0.2) is 18.2 Å². The van der Waals surface area contributed by atoms with Crippen molar-refractivity contribution < 1.29 is 0 Å². The molecule has 3 heteroatoms. The maximum absolute atomic E-state index is 6.14. The molecular formula is C10H13ClN2. The largest absolute Gasteiger partial charge is 0.319 e. The van der Waals surface area contributed by atoms with E-state index < -0.39 is 0 Å². The predicted molar refractivity (Wildman–Crippen MR) is 54.9 cm³/mol. The van der Waals surface area contributed by atoms with Crippen LogP contribution in [0.3, 0.4) is 0 Å². The van der Waals surface area contributed by atoms with Crippen LogP contribution in [0.25, 0.3) is 0 Å². The molecule has 1 aromatic rings. The van der Waals surface area contributed by atoms with Gasteiger partial charge in [-0.2, -0.15) is 0 Å². The molecule has 2 rings (SSSR count). The van der Waals surface area contributed by atoms with Crippen LogP contribution in [0.5, 0.6) is 0 Å². The second-order valence-electron chi connectivity index (χ2n) is 3.72. The summed E-state index contributed by atoms with van der Waals surface area (Å²) < 4.78 is 0. The van der Waals surface area contributed by atoms with Gasteiger partial charge in [-0.25, -0.2) is 0 Å². The molecule has 3 N–H and O–H groups in total. The Kier molecular flexibility index (Phi) is 2.06. The minimum atomic E-state index is -0.171. The topological polar surface area (TPSA) is 38.0 Å². The highest BCUT2D eigenvalue weighted by Gasteiger charge is 2.34. The van der Waals surface area contributed by atoms with Gasteiger partial charge >= 0.3 is 0 Å². The van der Waals surface area contributed by atoms with Gasteiger partial charge in [0.25, 0.3) is 0 Å². The number of nitrogens with two attached hydrogens (primary N) is 1. The molecule has 1 fully saturated rings. The first kappa shape index (κ1) is 9.00. The summed E-state index contributed by atoms with van der Waals surface area (Å²) in [4.78, 5) is 0. The van der Waals surface area contributed by atoms with Crippen molar-refractivity contribution in [1.82, 2.24) is 5.32 Å². The van der Waals surface area contributed by atoms with E-state index in [1.165, 1.54) is 5.56 Å². The number of hydrogen-bond donors (Lipinski definition) is 2. The summed E-state index contributed by atoms with van der Waals surface area (Å²) in [7, 11) is 0. The molecule has 0 spiro atoms. The quantitative estimate of drug-likeness (QED) is 0.713. The van der Waals surface area contributed by atoms with Crippen molar-refractivity contribution in [1.29, 1.82) is 0 Å². The predicted octanol–water partition coefficient (Wildman–Crippen LogP) is 1.41. The maximum Gasteiger partial charge on any atom is 0.0662 e. The molecule has 1 aliphatic heterocycles. The Hall–Kier alpha value is -0.570. The van der Waals surface area contributed by atoms with Crippen molar-refractivity contribution in [3.05, 3.63) is 34.3 Å². The summed E-state index contributed by atoms with van der Waals surface area (Å²) in [5, 5.41) is 3.98. The lowest BCUT2D eigenvalue weighted by Crippen LogP contribution is -2.62. The molecule has 1 aliphatic rings. The lowest BCUT2D eigenvalue weighted by molar-refractivity contribution is 0.287. The minimum Gasteiger partial charge on any atom is -0.319 e. The first-order chi connectivity index (χ1) is 6.12. The van der Waals surface area contributed by atoms with E-state index in [-0.39, 0.29) is 5.54 Å². The molecule has 2 nitrogen and oxygen atoms in total. The third kappa shape index (κ3) is 1.46. The van der Waals surface area contributed by atoms with Gasteiger partial charge in [-0.3, -0.25) is 0 Å². The molecule has 0 aliphatic carbocycles. The van der Waals surface area contributed by atoms with E-state index in [1.54, 1.807) is 0 Å². The van der Waals surface area contributed by atoms with Crippen molar-refractivity contribution in [2.45, 2.75) is 12.5 Å². The normalized spacial score (nSPS) is 19.6. The third-order valence-electron chi connectivity index (χ3n) is 2.61. The Morgan fingerprint density at radius 1 is 1.46 bits per heavy atom. The highest BCUT2D eigenvalue weighted by atomic mass is 35.5. The lowest BCUT2D eigenvalue weighted by atomic mass is 9.85. The van der Waals surface area contributed by atoms with Crippen LogP contribution in [0.1, 0.15) is 11.1 Å². The summed E-state index contributed by atoms with van der Waals surface area (Å²) in [6, 6.07) is 6.00. The van der Waals surface area contributed by atoms with Gasteiger partial charge in [-0.05, 0) is 24.1 Å². The van der Waals surface area contributed by atoms with Gasteiger partial charge in [0.1, 0.15) is 0 Å². The van der Waals surface area contributed by atoms with Gasteiger partial charge in [0, 0.05) is 18.1 Å². The fourth-order valence-corrected chi connectivity index (χ4v) is 1.67. The average Bonchev–Trinajstić information content (AvgIpc) is 2.06. The second-order valence-corrected chi connectivity index (χ2v) is 4.13. The summed E-state index contributed by atoms with van der Waals surface area (Å²) in [5.41, 5.74) is 8.23. The summed E-state index contributed by atoms with van der Waals surface area (Å²) in [6.45, 7) is 3.71. The zero-order valence-electron chi connectivity index (χ0n) is 7.60. The van der Waals surface area contributed by atoms with Crippen molar-refractivity contribution in [2.24, 2.45) is 5.73 Å². The molecule has 1 aromatic carbocycles. The molecule has 0 radical (unpaired) electrons. The van der Waals surface area contributed by atoms with E-state index in [0.29, 0.717) is 0 Å². The van der Waals surface area contributed by atoms with Crippen LogP contribution >= 0.6 is 11.6 Å². The number of rotatable bonds is 1. The minimum absolute atomic E-state index is 0.171. The number of benzene rings is 1. The van der Waals surface area contributed by atoms with Crippen LogP contribution in [0.4, 0.5) is 0 Å². The summed E-state index contributed by atoms with van der Waals surface area (Å²) >= 11 is 5.94. The van der Waals surface area contributed by atoms with Gasteiger partial charge in [0.05, 0.1) is 5.54 Å². The Balaban J connectivity index is 2.36. The average molecular weight is 197 g/mol. The SMILES string of the molecule is Cc1cc(C2(N)CNC2)ccc1Cl. The monoisotopic (exact) mass is 196 g/mol. The Morgan fingerprint density at radius 3 is 2.62 bits per heavy atom. The number of aryl methyl sites for hydroxylation is 1. The molecule has 13 heavy (non-hydrogen) atoms. The van der Waals surface area contributed by atoms with Crippen LogP contribution in [-0.4, -0.2) is 13.1 Å². The molecule has 0 bridgehead atoms. The van der Waals surface area contributed by atoms with Gasteiger partial charge < -0.3 is 11.1 Å². The van der Waals surface area contributed by atoms with E-state index >= 15 is 0 Å². The zero-order chi connectivity index (χ0) is 9.47. The van der Waals surface area contributed by atoms with Crippen molar-refractivity contribution in [2.75, 3.05) is 13.1 Å². The van der Waals surface area contributed by atoms with Crippen LogP contribution in [-0.2, 0) is 5.54 Å². The molecule has 1 saturated heterocycles. The number of nitrogens with one attached hydrogen (secondary N) is 1. The maximum atomic E-state index is 6.14. The van der Waals surface area contributed by atoms with E-state index in [2.05, 4.69) is 11.4 Å². The van der Waals surface area contributed by atoms with Crippen LogP contribution in [0, 0.1) is 6.92 Å². The fraction of sp³-hybridized carbons (Fsp3) is 0.400.